The molecule has 156 valence electrons. The second-order valence-corrected chi connectivity index (χ2v) is 8.13. The SMILES string of the molecule is CCOC(=O)c1c(-c2ccccc2)csc1NC(=O)COc1ccc(CC)cc1Br. The first-order chi connectivity index (χ1) is 14.5. The molecule has 0 aliphatic rings. The van der Waals surface area contributed by atoms with Crippen molar-refractivity contribution in [3.8, 4) is 16.9 Å². The molecule has 0 atom stereocenters. The molecule has 1 heterocycles. The number of carbonyl (C=O) groups is 2. The summed E-state index contributed by atoms with van der Waals surface area (Å²) in [5, 5.41) is 5.08. The lowest BCUT2D eigenvalue weighted by Crippen LogP contribution is -2.21. The van der Waals surface area contributed by atoms with E-state index in [1.54, 1.807) is 6.92 Å². The largest absolute Gasteiger partial charge is 0.483 e. The summed E-state index contributed by atoms with van der Waals surface area (Å²) in [6.45, 7) is 3.90. The van der Waals surface area contributed by atoms with E-state index in [0.29, 0.717) is 16.3 Å². The van der Waals surface area contributed by atoms with Gasteiger partial charge in [0.05, 0.1) is 11.1 Å². The summed E-state index contributed by atoms with van der Waals surface area (Å²) in [4.78, 5) is 25.1. The molecule has 1 N–H and O–H groups in total. The van der Waals surface area contributed by atoms with Gasteiger partial charge in [-0.15, -0.1) is 11.3 Å². The van der Waals surface area contributed by atoms with Crippen molar-refractivity contribution in [1.82, 2.24) is 0 Å². The maximum atomic E-state index is 12.6. The number of thiophene rings is 1. The number of amides is 1. The quantitative estimate of drug-likeness (QED) is 0.399. The van der Waals surface area contributed by atoms with Crippen molar-refractivity contribution in [3.05, 3.63) is 69.5 Å². The van der Waals surface area contributed by atoms with Crippen LogP contribution in [0.4, 0.5) is 5.00 Å². The number of nitrogens with one attached hydrogen (secondary N) is 1. The Kier molecular flexibility index (Phi) is 7.65. The van der Waals surface area contributed by atoms with Gasteiger partial charge in [-0.05, 0) is 52.5 Å². The normalized spacial score (nSPS) is 10.5. The van der Waals surface area contributed by atoms with Gasteiger partial charge >= 0.3 is 5.97 Å². The van der Waals surface area contributed by atoms with Crippen molar-refractivity contribution >= 4 is 44.1 Å². The van der Waals surface area contributed by atoms with Crippen LogP contribution in [0.3, 0.4) is 0 Å². The van der Waals surface area contributed by atoms with Crippen LogP contribution in [-0.4, -0.2) is 25.1 Å². The molecule has 0 aliphatic carbocycles. The number of anilines is 1. The Morgan fingerprint density at radius 2 is 1.87 bits per heavy atom. The molecule has 0 spiro atoms. The summed E-state index contributed by atoms with van der Waals surface area (Å²) in [5.41, 5.74) is 3.14. The average Bonchev–Trinajstić information content (AvgIpc) is 3.17. The van der Waals surface area contributed by atoms with Gasteiger partial charge < -0.3 is 14.8 Å². The second kappa shape index (κ2) is 10.4. The first-order valence-corrected chi connectivity index (χ1v) is 11.3. The summed E-state index contributed by atoms with van der Waals surface area (Å²) in [6.07, 6.45) is 0.915. The third kappa shape index (κ3) is 5.29. The Hall–Kier alpha value is -2.64. The van der Waals surface area contributed by atoms with Crippen LogP contribution in [-0.2, 0) is 16.0 Å². The zero-order chi connectivity index (χ0) is 21.5. The number of carbonyl (C=O) groups excluding carboxylic acids is 2. The van der Waals surface area contributed by atoms with Crippen LogP contribution >= 0.6 is 27.3 Å². The highest BCUT2D eigenvalue weighted by Gasteiger charge is 2.23. The monoisotopic (exact) mass is 487 g/mol. The van der Waals surface area contributed by atoms with E-state index in [0.717, 1.165) is 22.0 Å². The van der Waals surface area contributed by atoms with Crippen molar-refractivity contribution in [3.63, 3.8) is 0 Å². The molecule has 0 saturated heterocycles. The molecular weight excluding hydrogens is 466 g/mol. The van der Waals surface area contributed by atoms with Gasteiger partial charge in [0.2, 0.25) is 0 Å². The third-order valence-electron chi connectivity index (χ3n) is 4.37. The van der Waals surface area contributed by atoms with E-state index in [1.807, 2.05) is 53.9 Å². The topological polar surface area (TPSA) is 64.6 Å². The van der Waals surface area contributed by atoms with Gasteiger partial charge in [-0.2, -0.15) is 0 Å². The maximum Gasteiger partial charge on any atom is 0.341 e. The Bertz CT molecular complexity index is 1030. The van der Waals surface area contributed by atoms with E-state index in [1.165, 1.54) is 16.9 Å². The number of aryl methyl sites for hydroxylation is 1. The number of halogens is 1. The van der Waals surface area contributed by atoms with Crippen molar-refractivity contribution in [2.24, 2.45) is 0 Å². The number of rotatable bonds is 8. The Labute approximate surface area is 188 Å². The minimum Gasteiger partial charge on any atom is -0.483 e. The number of esters is 1. The summed E-state index contributed by atoms with van der Waals surface area (Å²) >= 11 is 4.75. The zero-order valence-corrected chi connectivity index (χ0v) is 19.1. The highest BCUT2D eigenvalue weighted by atomic mass is 79.9. The molecule has 5 nitrogen and oxygen atoms in total. The van der Waals surface area contributed by atoms with E-state index >= 15 is 0 Å². The Morgan fingerprint density at radius 3 is 2.53 bits per heavy atom. The smallest absolute Gasteiger partial charge is 0.341 e. The van der Waals surface area contributed by atoms with Crippen LogP contribution in [0.1, 0.15) is 29.8 Å². The molecule has 1 amide bonds. The third-order valence-corrected chi connectivity index (χ3v) is 5.89. The molecular formula is C23H22BrNO4S. The highest BCUT2D eigenvalue weighted by molar-refractivity contribution is 9.10. The lowest BCUT2D eigenvalue weighted by Gasteiger charge is -2.11. The molecule has 30 heavy (non-hydrogen) atoms. The highest BCUT2D eigenvalue weighted by Crippen LogP contribution is 2.36. The second-order valence-electron chi connectivity index (χ2n) is 6.40. The Morgan fingerprint density at radius 1 is 1.10 bits per heavy atom. The lowest BCUT2D eigenvalue weighted by molar-refractivity contribution is -0.118. The predicted octanol–water partition coefficient (Wildman–Crippen LogP) is 5.93. The van der Waals surface area contributed by atoms with Crippen LogP contribution in [0, 0.1) is 0 Å². The van der Waals surface area contributed by atoms with Crippen molar-refractivity contribution in [1.29, 1.82) is 0 Å². The molecule has 0 bridgehead atoms. The van der Waals surface area contributed by atoms with E-state index in [-0.39, 0.29) is 19.1 Å². The fourth-order valence-electron chi connectivity index (χ4n) is 2.87. The number of benzene rings is 2. The van der Waals surface area contributed by atoms with Crippen LogP contribution in [0.15, 0.2) is 58.4 Å². The van der Waals surface area contributed by atoms with Crippen molar-refractivity contribution in [2.75, 3.05) is 18.5 Å². The van der Waals surface area contributed by atoms with Crippen LogP contribution < -0.4 is 10.1 Å². The first kappa shape index (κ1) is 22.1. The molecule has 7 heteroatoms. The standard InChI is InChI=1S/C23H22BrNO4S/c1-3-15-10-11-19(18(24)12-15)29-13-20(26)25-22-21(23(27)28-4-2)17(14-30-22)16-8-6-5-7-9-16/h5-12,14H,3-4,13H2,1-2H3,(H,25,26). The molecule has 3 rings (SSSR count). The summed E-state index contributed by atoms with van der Waals surface area (Å²) in [5.74, 6) is -0.232. The van der Waals surface area contributed by atoms with Gasteiger partial charge in [0.1, 0.15) is 16.3 Å². The zero-order valence-electron chi connectivity index (χ0n) is 16.7. The van der Waals surface area contributed by atoms with E-state index in [2.05, 4.69) is 28.2 Å². The fourth-order valence-corrected chi connectivity index (χ4v) is 4.39. The maximum absolute atomic E-state index is 12.6. The van der Waals surface area contributed by atoms with Gasteiger partial charge in [-0.3, -0.25) is 4.79 Å². The minimum absolute atomic E-state index is 0.176. The minimum atomic E-state index is -0.466. The Balaban J connectivity index is 1.76. The van der Waals surface area contributed by atoms with E-state index < -0.39 is 5.97 Å². The number of hydrogen-bond donors (Lipinski definition) is 1. The van der Waals surface area contributed by atoms with Gasteiger partial charge in [0.25, 0.3) is 5.91 Å². The molecule has 0 saturated carbocycles. The van der Waals surface area contributed by atoms with Gasteiger partial charge in [-0.25, -0.2) is 4.79 Å². The summed E-state index contributed by atoms with van der Waals surface area (Å²) in [6, 6.07) is 15.3. The molecule has 0 unspecified atom stereocenters. The number of hydrogen-bond acceptors (Lipinski definition) is 5. The van der Waals surface area contributed by atoms with Crippen molar-refractivity contribution in [2.45, 2.75) is 20.3 Å². The molecule has 3 aromatic rings. The summed E-state index contributed by atoms with van der Waals surface area (Å²) < 4.78 is 11.7. The molecule has 1 aromatic heterocycles. The van der Waals surface area contributed by atoms with E-state index in [4.69, 9.17) is 9.47 Å². The van der Waals surface area contributed by atoms with Crippen LogP contribution in [0.5, 0.6) is 5.75 Å². The predicted molar refractivity (Wildman–Crippen MR) is 123 cm³/mol. The number of ether oxygens (including phenoxy) is 2. The van der Waals surface area contributed by atoms with Crippen molar-refractivity contribution < 1.29 is 19.1 Å². The molecule has 0 radical (unpaired) electrons. The fraction of sp³-hybridized carbons (Fsp3) is 0.217. The molecule has 0 fully saturated rings. The summed E-state index contributed by atoms with van der Waals surface area (Å²) in [7, 11) is 0. The van der Waals surface area contributed by atoms with Crippen LogP contribution in [0.2, 0.25) is 0 Å². The van der Waals surface area contributed by atoms with E-state index in [9.17, 15) is 9.59 Å². The first-order valence-electron chi connectivity index (χ1n) is 9.58. The van der Waals surface area contributed by atoms with Crippen LogP contribution in [0.25, 0.3) is 11.1 Å². The molecule has 2 aromatic carbocycles. The van der Waals surface area contributed by atoms with Gasteiger partial charge in [-0.1, -0.05) is 43.3 Å². The lowest BCUT2D eigenvalue weighted by atomic mass is 10.0. The van der Waals surface area contributed by atoms with Gasteiger partial charge in [0.15, 0.2) is 6.61 Å². The molecule has 0 aliphatic heterocycles. The average molecular weight is 488 g/mol. The van der Waals surface area contributed by atoms with Gasteiger partial charge in [0, 0.05) is 10.9 Å².